The molecule has 1 aliphatic rings. The summed E-state index contributed by atoms with van der Waals surface area (Å²) < 4.78 is 13.3. The molecule has 2 N–H and O–H groups in total. The molecule has 3 aromatic carbocycles. The molecule has 41 heavy (non-hydrogen) atoms. The molecule has 1 atom stereocenters. The van der Waals surface area contributed by atoms with E-state index in [-0.39, 0.29) is 41.9 Å². The van der Waals surface area contributed by atoms with E-state index in [4.69, 9.17) is 0 Å². The maximum Gasteiger partial charge on any atom is 0.253 e. The number of rotatable bonds is 9. The van der Waals surface area contributed by atoms with Crippen LogP contribution in [0.25, 0.3) is 0 Å². The van der Waals surface area contributed by atoms with Crippen molar-refractivity contribution in [1.82, 2.24) is 10.2 Å². The topological polar surface area (TPSA) is 81.8 Å². The fourth-order valence-electron chi connectivity index (χ4n) is 5.08. The van der Waals surface area contributed by atoms with Crippen LogP contribution in [-0.4, -0.2) is 48.8 Å². The van der Waals surface area contributed by atoms with Gasteiger partial charge in [-0.2, -0.15) is 0 Å². The summed E-state index contributed by atoms with van der Waals surface area (Å²) in [6, 6.07) is 21.3. The van der Waals surface area contributed by atoms with Gasteiger partial charge < -0.3 is 20.4 Å². The number of benzene rings is 3. The lowest BCUT2D eigenvalue weighted by Gasteiger charge is -2.28. The van der Waals surface area contributed by atoms with Gasteiger partial charge >= 0.3 is 0 Å². The molecule has 1 heterocycles. The SMILES string of the molecule is CC[C@@H](C(=O)N1CCCN(c2ccc(NC(=O)C(C)C)cc2C(=O)NCc2ccc(F)cc2)CC1)c1ccccc1. The summed E-state index contributed by atoms with van der Waals surface area (Å²) in [5.74, 6) is -1.02. The Labute approximate surface area is 241 Å². The molecule has 8 heteroatoms. The number of carbonyl (C=O) groups is 3. The van der Waals surface area contributed by atoms with Gasteiger partial charge in [-0.15, -0.1) is 0 Å². The molecular formula is C33H39FN4O3. The molecule has 0 aromatic heterocycles. The van der Waals surface area contributed by atoms with E-state index >= 15 is 0 Å². The van der Waals surface area contributed by atoms with Crippen molar-refractivity contribution in [1.29, 1.82) is 0 Å². The maximum atomic E-state index is 13.5. The second-order valence-corrected chi connectivity index (χ2v) is 10.7. The van der Waals surface area contributed by atoms with Crippen LogP contribution in [0.15, 0.2) is 72.8 Å². The fourth-order valence-corrected chi connectivity index (χ4v) is 5.08. The van der Waals surface area contributed by atoms with Gasteiger partial charge in [0.2, 0.25) is 11.8 Å². The number of nitrogens with one attached hydrogen (secondary N) is 2. The van der Waals surface area contributed by atoms with Crippen LogP contribution in [-0.2, 0) is 16.1 Å². The summed E-state index contributed by atoms with van der Waals surface area (Å²) in [5.41, 5.74) is 3.52. The standard InChI is InChI=1S/C33H39FN4O3/c1-4-28(25-9-6-5-7-10-25)33(41)38-18-8-17-37(19-20-38)30-16-15-27(36-31(39)23(2)3)21-29(30)32(40)35-22-24-11-13-26(34)14-12-24/h5-7,9-16,21,23,28H,4,8,17-20,22H2,1-3H3,(H,35,40)(H,36,39)/t28-/m1/s1. The Balaban J connectivity index is 1.53. The van der Waals surface area contributed by atoms with Crippen LogP contribution in [0.4, 0.5) is 15.8 Å². The van der Waals surface area contributed by atoms with Crippen LogP contribution >= 0.6 is 0 Å². The molecule has 7 nitrogen and oxygen atoms in total. The summed E-state index contributed by atoms with van der Waals surface area (Å²) in [4.78, 5) is 43.4. The van der Waals surface area contributed by atoms with Crippen molar-refractivity contribution in [2.75, 3.05) is 36.4 Å². The third-order valence-electron chi connectivity index (χ3n) is 7.46. The zero-order chi connectivity index (χ0) is 29.4. The third-order valence-corrected chi connectivity index (χ3v) is 7.46. The second-order valence-electron chi connectivity index (χ2n) is 10.7. The first-order valence-corrected chi connectivity index (χ1v) is 14.3. The minimum absolute atomic E-state index is 0.129. The molecule has 1 fully saturated rings. The monoisotopic (exact) mass is 558 g/mol. The molecule has 0 saturated carbocycles. The second kappa shape index (κ2) is 13.9. The van der Waals surface area contributed by atoms with Crippen molar-refractivity contribution >= 4 is 29.1 Å². The maximum absolute atomic E-state index is 13.5. The summed E-state index contributed by atoms with van der Waals surface area (Å²) in [6.07, 6.45) is 1.49. The van der Waals surface area contributed by atoms with E-state index in [1.807, 2.05) is 68.1 Å². The first kappa shape index (κ1) is 29.8. The number of hydrogen-bond donors (Lipinski definition) is 2. The molecule has 0 bridgehead atoms. The Morgan fingerprint density at radius 1 is 0.902 bits per heavy atom. The highest BCUT2D eigenvalue weighted by atomic mass is 19.1. The highest BCUT2D eigenvalue weighted by Crippen LogP contribution is 2.28. The van der Waals surface area contributed by atoms with Gasteiger partial charge in [-0.1, -0.05) is 63.2 Å². The minimum atomic E-state index is -0.335. The Hall–Kier alpha value is -4.20. The lowest BCUT2D eigenvalue weighted by molar-refractivity contribution is -0.132. The molecule has 3 amide bonds. The van der Waals surface area contributed by atoms with Crippen molar-refractivity contribution in [2.45, 2.75) is 46.1 Å². The number of halogens is 1. The van der Waals surface area contributed by atoms with E-state index in [2.05, 4.69) is 15.5 Å². The smallest absolute Gasteiger partial charge is 0.253 e. The minimum Gasteiger partial charge on any atom is -0.369 e. The van der Waals surface area contributed by atoms with Gasteiger partial charge in [0.25, 0.3) is 5.91 Å². The third kappa shape index (κ3) is 7.72. The summed E-state index contributed by atoms with van der Waals surface area (Å²) in [5, 5.41) is 5.82. The molecule has 0 spiro atoms. The number of hydrogen-bond acceptors (Lipinski definition) is 4. The summed E-state index contributed by atoms with van der Waals surface area (Å²) >= 11 is 0. The van der Waals surface area contributed by atoms with E-state index in [0.717, 1.165) is 29.7 Å². The highest BCUT2D eigenvalue weighted by Gasteiger charge is 2.27. The molecule has 1 aliphatic heterocycles. The van der Waals surface area contributed by atoms with E-state index in [9.17, 15) is 18.8 Å². The van der Waals surface area contributed by atoms with E-state index in [1.54, 1.807) is 18.2 Å². The molecule has 0 aliphatic carbocycles. The molecule has 216 valence electrons. The van der Waals surface area contributed by atoms with Gasteiger partial charge in [0.05, 0.1) is 11.5 Å². The summed E-state index contributed by atoms with van der Waals surface area (Å²) in [6.45, 7) is 8.35. The van der Waals surface area contributed by atoms with Gasteiger partial charge in [-0.3, -0.25) is 14.4 Å². The zero-order valence-electron chi connectivity index (χ0n) is 24.0. The lowest BCUT2D eigenvalue weighted by atomic mass is 9.95. The van der Waals surface area contributed by atoms with Crippen molar-refractivity contribution < 1.29 is 18.8 Å². The molecule has 1 saturated heterocycles. The van der Waals surface area contributed by atoms with E-state index in [0.29, 0.717) is 37.4 Å². The Bertz CT molecular complexity index is 1340. The molecule has 0 radical (unpaired) electrons. The fraction of sp³-hybridized carbons (Fsp3) is 0.364. The average Bonchev–Trinajstić information content (AvgIpc) is 3.24. The molecular weight excluding hydrogens is 519 g/mol. The molecule has 4 rings (SSSR count). The van der Waals surface area contributed by atoms with Gasteiger partial charge in [-0.25, -0.2) is 4.39 Å². The van der Waals surface area contributed by atoms with Crippen molar-refractivity contribution in [3.05, 3.63) is 95.3 Å². The predicted octanol–water partition coefficient (Wildman–Crippen LogP) is 5.58. The van der Waals surface area contributed by atoms with Gasteiger partial charge in [-0.05, 0) is 54.3 Å². The van der Waals surface area contributed by atoms with Gasteiger partial charge in [0.15, 0.2) is 0 Å². The summed E-state index contributed by atoms with van der Waals surface area (Å²) in [7, 11) is 0. The number of amides is 3. The Kier molecular flexibility index (Phi) is 10.1. The largest absolute Gasteiger partial charge is 0.369 e. The van der Waals surface area contributed by atoms with Crippen LogP contribution in [0, 0.1) is 11.7 Å². The predicted molar refractivity (Wildman–Crippen MR) is 160 cm³/mol. The quantitative estimate of drug-likeness (QED) is 0.359. The van der Waals surface area contributed by atoms with Gasteiger partial charge in [0.1, 0.15) is 5.82 Å². The van der Waals surface area contributed by atoms with Crippen LogP contribution in [0.5, 0.6) is 0 Å². The van der Waals surface area contributed by atoms with Crippen LogP contribution in [0.1, 0.15) is 61.0 Å². The van der Waals surface area contributed by atoms with E-state index in [1.165, 1.54) is 12.1 Å². The van der Waals surface area contributed by atoms with Crippen molar-refractivity contribution in [2.24, 2.45) is 5.92 Å². The van der Waals surface area contributed by atoms with Crippen LogP contribution in [0.2, 0.25) is 0 Å². The normalized spacial score (nSPS) is 14.4. The number of carbonyl (C=O) groups excluding carboxylic acids is 3. The van der Waals surface area contributed by atoms with Gasteiger partial charge in [0, 0.05) is 50.0 Å². The molecule has 3 aromatic rings. The average molecular weight is 559 g/mol. The highest BCUT2D eigenvalue weighted by molar-refractivity contribution is 6.02. The number of anilines is 2. The van der Waals surface area contributed by atoms with Crippen LogP contribution in [0.3, 0.4) is 0 Å². The number of nitrogens with zero attached hydrogens (tertiary/aromatic N) is 2. The van der Waals surface area contributed by atoms with E-state index < -0.39 is 0 Å². The zero-order valence-corrected chi connectivity index (χ0v) is 24.0. The van der Waals surface area contributed by atoms with Crippen molar-refractivity contribution in [3.8, 4) is 0 Å². The first-order valence-electron chi connectivity index (χ1n) is 14.3. The van der Waals surface area contributed by atoms with Crippen LogP contribution < -0.4 is 15.5 Å². The lowest BCUT2D eigenvalue weighted by Crippen LogP contribution is -2.38. The first-order chi connectivity index (χ1) is 19.8. The van der Waals surface area contributed by atoms with Crippen molar-refractivity contribution in [3.63, 3.8) is 0 Å². The Morgan fingerprint density at radius 2 is 1.63 bits per heavy atom. The molecule has 0 unspecified atom stereocenters. The Morgan fingerprint density at radius 3 is 2.32 bits per heavy atom.